The maximum absolute atomic E-state index is 9.41. The Bertz CT molecular complexity index is 83.7. The molecule has 7 heavy (non-hydrogen) atoms. The van der Waals surface area contributed by atoms with Crippen LogP contribution < -0.4 is 0 Å². The van der Waals surface area contributed by atoms with Gasteiger partial charge in [-0.15, -0.1) is 23.2 Å². The van der Waals surface area contributed by atoms with Crippen LogP contribution in [0.5, 0.6) is 0 Å². The highest BCUT2D eigenvalue weighted by Gasteiger charge is 1.90. The van der Waals surface area contributed by atoms with Gasteiger partial charge >= 0.3 is 0 Å². The molecule has 0 bridgehead atoms. The van der Waals surface area contributed by atoms with Crippen LogP contribution in [-0.2, 0) is 4.79 Å². The van der Waals surface area contributed by atoms with E-state index in [2.05, 4.69) is 0 Å². The summed E-state index contributed by atoms with van der Waals surface area (Å²) in [4.78, 5) is 8.94. The van der Waals surface area contributed by atoms with E-state index in [1.54, 1.807) is 5.94 Å². The molecule has 0 radical (unpaired) electrons. The van der Waals surface area contributed by atoms with E-state index in [9.17, 15) is 4.79 Å². The van der Waals surface area contributed by atoms with Crippen LogP contribution in [0.25, 0.3) is 0 Å². The third-order valence-electron chi connectivity index (χ3n) is 0.379. The molecule has 0 aliphatic carbocycles. The van der Waals surface area contributed by atoms with Gasteiger partial charge < -0.3 is 0 Å². The quantitative estimate of drug-likeness (QED) is 0.419. The number of alkyl halides is 2. The van der Waals surface area contributed by atoms with Crippen molar-refractivity contribution < 1.29 is 4.79 Å². The third kappa shape index (κ3) is 6.03. The molecule has 0 atom stereocenters. The highest BCUT2D eigenvalue weighted by Crippen LogP contribution is 2.05. The molecule has 0 aliphatic heterocycles. The first-order chi connectivity index (χ1) is 3.27. The van der Waals surface area contributed by atoms with Gasteiger partial charge in [0.1, 0.15) is 10.8 Å². The summed E-state index contributed by atoms with van der Waals surface area (Å²) in [7, 11) is 0. The summed E-state index contributed by atoms with van der Waals surface area (Å²) in [5.74, 6) is 1.56. The molecule has 0 unspecified atom stereocenters. The van der Waals surface area contributed by atoms with E-state index in [1.807, 2.05) is 0 Å². The first kappa shape index (κ1) is 7.03. The molecule has 0 fully saturated rings. The van der Waals surface area contributed by atoms with Crippen molar-refractivity contribution in [3.63, 3.8) is 0 Å². The second kappa shape index (κ2) is 4.20. The number of hydrogen-bond acceptors (Lipinski definition) is 1. The van der Waals surface area contributed by atoms with Crippen molar-refractivity contribution >= 4 is 29.1 Å². The second-order valence-corrected chi connectivity index (χ2v) is 2.23. The van der Waals surface area contributed by atoms with Gasteiger partial charge in [0.25, 0.3) is 0 Å². The van der Waals surface area contributed by atoms with Gasteiger partial charge in [0, 0.05) is 12.5 Å². The van der Waals surface area contributed by atoms with Crippen molar-refractivity contribution in [2.75, 3.05) is 0 Å². The fraction of sp³-hybridized carbons (Fsp3) is 0.500. The lowest BCUT2D eigenvalue weighted by Crippen LogP contribution is -1.79. The zero-order valence-electron chi connectivity index (χ0n) is 3.53. The molecule has 3 heteroatoms. The molecular weight excluding hydrogens is 135 g/mol. The Morgan fingerprint density at radius 1 is 1.71 bits per heavy atom. The van der Waals surface area contributed by atoms with E-state index in [4.69, 9.17) is 23.2 Å². The van der Waals surface area contributed by atoms with Gasteiger partial charge in [-0.05, 0) is 0 Å². The van der Waals surface area contributed by atoms with Gasteiger partial charge in [-0.3, -0.25) is 0 Å². The topological polar surface area (TPSA) is 17.1 Å². The highest BCUT2D eigenvalue weighted by atomic mass is 35.5. The van der Waals surface area contributed by atoms with Gasteiger partial charge in [-0.2, -0.15) is 0 Å². The Balaban J connectivity index is 3.13. The van der Waals surface area contributed by atoms with E-state index in [0.29, 0.717) is 6.42 Å². The largest absolute Gasteiger partial charge is 0.234 e. The molecule has 40 valence electrons. The molecule has 0 aromatic heterocycles. The maximum atomic E-state index is 9.41. The average molecular weight is 139 g/mol. The minimum Gasteiger partial charge on any atom is -0.234 e. The monoisotopic (exact) mass is 138 g/mol. The predicted molar refractivity (Wildman–Crippen MR) is 30.4 cm³/mol. The maximum Gasteiger partial charge on any atom is 0.120 e. The van der Waals surface area contributed by atoms with Crippen LogP contribution in [0, 0.1) is 0 Å². The zero-order valence-corrected chi connectivity index (χ0v) is 5.04. The fourth-order valence-electron chi connectivity index (χ4n) is 0.137. The summed E-state index contributed by atoms with van der Waals surface area (Å²) in [6, 6.07) is 0. The molecule has 0 saturated heterocycles. The molecule has 0 spiro atoms. The van der Waals surface area contributed by atoms with Crippen molar-refractivity contribution in [2.24, 2.45) is 0 Å². The molecule has 0 N–H and O–H groups in total. The lowest BCUT2D eigenvalue weighted by atomic mass is 10.5. The number of halogens is 2. The van der Waals surface area contributed by atoms with Crippen molar-refractivity contribution in [2.45, 2.75) is 11.3 Å². The number of rotatable bonds is 2. The zero-order chi connectivity index (χ0) is 5.70. The van der Waals surface area contributed by atoms with Crippen molar-refractivity contribution in [1.29, 1.82) is 0 Å². The Labute approximate surface area is 51.9 Å². The fourth-order valence-corrected chi connectivity index (χ4v) is 0.315. The molecule has 0 aliphatic rings. The Morgan fingerprint density at radius 2 is 2.29 bits per heavy atom. The third-order valence-corrected chi connectivity index (χ3v) is 0.736. The van der Waals surface area contributed by atoms with E-state index in [-0.39, 0.29) is 0 Å². The SMILES string of the molecule is O=C=CCC(Cl)Cl. The lowest BCUT2D eigenvalue weighted by Gasteiger charge is -1.85. The van der Waals surface area contributed by atoms with Crippen LogP contribution in [0.4, 0.5) is 0 Å². The van der Waals surface area contributed by atoms with Gasteiger partial charge in [0.05, 0.1) is 0 Å². The summed E-state index contributed by atoms with van der Waals surface area (Å²) in [6.07, 6.45) is 1.64. The van der Waals surface area contributed by atoms with Gasteiger partial charge in [0.15, 0.2) is 0 Å². The summed E-state index contributed by atoms with van der Waals surface area (Å²) in [5.41, 5.74) is 0. The average Bonchev–Trinajstić information content (AvgIpc) is 1.61. The second-order valence-electron chi connectivity index (χ2n) is 0.949. The van der Waals surface area contributed by atoms with Gasteiger partial charge in [0.2, 0.25) is 0 Å². The number of allylic oxidation sites excluding steroid dienone is 1. The van der Waals surface area contributed by atoms with Crippen LogP contribution in [-0.4, -0.2) is 10.8 Å². The normalized spacial score (nSPS) is 8.43. The van der Waals surface area contributed by atoms with Crippen molar-refractivity contribution in [3.8, 4) is 0 Å². The van der Waals surface area contributed by atoms with Crippen LogP contribution >= 0.6 is 23.2 Å². The molecule has 0 aromatic carbocycles. The van der Waals surface area contributed by atoms with Crippen LogP contribution in [0.1, 0.15) is 6.42 Å². The summed E-state index contributed by atoms with van der Waals surface area (Å²) in [6.45, 7) is 0. The lowest BCUT2D eigenvalue weighted by molar-refractivity contribution is 0.568. The molecule has 0 rings (SSSR count). The van der Waals surface area contributed by atoms with E-state index >= 15 is 0 Å². The van der Waals surface area contributed by atoms with E-state index in [0.717, 1.165) is 0 Å². The minimum atomic E-state index is -0.471. The first-order valence-corrected chi connectivity index (χ1v) is 2.62. The first-order valence-electron chi connectivity index (χ1n) is 1.75. The molecule has 0 amide bonds. The van der Waals surface area contributed by atoms with Crippen LogP contribution in [0.15, 0.2) is 6.08 Å². The van der Waals surface area contributed by atoms with Crippen LogP contribution in [0.2, 0.25) is 0 Å². The Kier molecular flexibility index (Phi) is 4.21. The summed E-state index contributed by atoms with van der Waals surface area (Å²) in [5, 5.41) is 0. The molecule has 0 aromatic rings. The molecular formula is C4H4Cl2O. The van der Waals surface area contributed by atoms with E-state index in [1.165, 1.54) is 6.08 Å². The molecule has 0 saturated carbocycles. The number of carbonyl (C=O) groups excluding carboxylic acids is 1. The van der Waals surface area contributed by atoms with E-state index < -0.39 is 4.84 Å². The number of hydrogen-bond donors (Lipinski definition) is 0. The summed E-state index contributed by atoms with van der Waals surface area (Å²) >= 11 is 10.4. The summed E-state index contributed by atoms with van der Waals surface area (Å²) < 4.78 is 0. The standard InChI is InChI=1S/C4H4Cl2O/c5-4(6)2-1-3-7/h1,4H,2H2. The smallest absolute Gasteiger partial charge is 0.120 e. The highest BCUT2D eigenvalue weighted by molar-refractivity contribution is 6.44. The predicted octanol–water partition coefficient (Wildman–Crippen LogP) is 1.57. The van der Waals surface area contributed by atoms with Gasteiger partial charge in [-0.25, -0.2) is 4.79 Å². The van der Waals surface area contributed by atoms with Crippen LogP contribution in [0.3, 0.4) is 0 Å². The van der Waals surface area contributed by atoms with Gasteiger partial charge in [-0.1, -0.05) is 0 Å². The minimum absolute atomic E-state index is 0.382. The molecule has 0 heterocycles. The van der Waals surface area contributed by atoms with Crippen molar-refractivity contribution in [1.82, 2.24) is 0 Å². The Morgan fingerprint density at radius 3 is 2.43 bits per heavy atom. The van der Waals surface area contributed by atoms with Crippen molar-refractivity contribution in [3.05, 3.63) is 6.08 Å². The Hall–Kier alpha value is 0.0300. The molecule has 1 nitrogen and oxygen atoms in total.